The van der Waals surface area contributed by atoms with Gasteiger partial charge in [0.2, 0.25) is 0 Å². The Balaban J connectivity index is 2.59. The Hall–Kier alpha value is -2.29. The van der Waals surface area contributed by atoms with E-state index >= 15 is 0 Å². The van der Waals surface area contributed by atoms with Gasteiger partial charge in [0.25, 0.3) is 5.91 Å². The first-order valence-corrected chi connectivity index (χ1v) is 4.87. The number of phenols is 1. The number of nitrogens with two attached hydrogens (primary N) is 1. The lowest BCUT2D eigenvalue weighted by atomic mass is 10.0. The molecule has 2 aromatic rings. The second kappa shape index (κ2) is 4.06. The van der Waals surface area contributed by atoms with Crippen LogP contribution in [0.3, 0.4) is 0 Å². The van der Waals surface area contributed by atoms with Gasteiger partial charge >= 0.3 is 0 Å². The number of para-hydroxylation sites is 1. The fourth-order valence-electron chi connectivity index (χ4n) is 1.59. The third-order valence-corrected chi connectivity index (χ3v) is 2.39. The molecule has 0 atom stereocenters. The molecule has 0 aliphatic carbocycles. The van der Waals surface area contributed by atoms with E-state index in [1.54, 1.807) is 12.1 Å². The van der Waals surface area contributed by atoms with Crippen molar-refractivity contribution in [2.75, 3.05) is 0 Å². The molecule has 0 aliphatic heterocycles. The summed E-state index contributed by atoms with van der Waals surface area (Å²) in [6.07, 6.45) is 0. The Morgan fingerprint density at radius 3 is 2.31 bits per heavy atom. The van der Waals surface area contributed by atoms with Gasteiger partial charge in [0, 0.05) is 5.56 Å². The summed E-state index contributed by atoms with van der Waals surface area (Å²) in [5.74, 6) is -0.698. The summed E-state index contributed by atoms with van der Waals surface area (Å²) < 4.78 is 0. The normalized spacial score (nSPS) is 10.0. The topological polar surface area (TPSA) is 63.3 Å². The summed E-state index contributed by atoms with van der Waals surface area (Å²) in [5, 5.41) is 9.91. The van der Waals surface area contributed by atoms with E-state index in [9.17, 15) is 9.90 Å². The van der Waals surface area contributed by atoms with Crippen molar-refractivity contribution in [1.29, 1.82) is 0 Å². The van der Waals surface area contributed by atoms with Crippen molar-refractivity contribution in [2.24, 2.45) is 5.73 Å². The smallest absolute Gasteiger partial charge is 0.252 e. The molecule has 0 aromatic heterocycles. The standard InChI is InChI=1S/C13H11NO2/c14-13(16)11-8-4-7-10(12(11)15)9-5-2-1-3-6-9/h1-8,15H,(H2,14,16). The second-order valence-electron chi connectivity index (χ2n) is 3.43. The minimum Gasteiger partial charge on any atom is -0.506 e. The molecule has 1 amide bonds. The minimum atomic E-state index is -0.629. The summed E-state index contributed by atoms with van der Waals surface area (Å²) in [6, 6.07) is 14.3. The van der Waals surface area contributed by atoms with Crippen molar-refractivity contribution in [3.63, 3.8) is 0 Å². The molecule has 0 bridgehead atoms. The molecule has 0 spiro atoms. The lowest BCUT2D eigenvalue weighted by molar-refractivity contribution is 0.0998. The van der Waals surface area contributed by atoms with Crippen LogP contribution in [0, 0.1) is 0 Å². The highest BCUT2D eigenvalue weighted by molar-refractivity contribution is 5.98. The van der Waals surface area contributed by atoms with E-state index < -0.39 is 5.91 Å². The molecule has 3 heteroatoms. The fraction of sp³-hybridized carbons (Fsp3) is 0. The summed E-state index contributed by atoms with van der Waals surface area (Å²) in [5.41, 5.74) is 6.76. The predicted molar refractivity (Wildman–Crippen MR) is 62.1 cm³/mol. The number of aromatic hydroxyl groups is 1. The third-order valence-electron chi connectivity index (χ3n) is 2.39. The maximum absolute atomic E-state index is 11.1. The largest absolute Gasteiger partial charge is 0.506 e. The highest BCUT2D eigenvalue weighted by Crippen LogP contribution is 2.31. The molecule has 0 unspecified atom stereocenters. The fourth-order valence-corrected chi connectivity index (χ4v) is 1.59. The average Bonchev–Trinajstić information content (AvgIpc) is 2.30. The summed E-state index contributed by atoms with van der Waals surface area (Å²) in [7, 11) is 0. The Morgan fingerprint density at radius 1 is 1.00 bits per heavy atom. The van der Waals surface area contributed by atoms with Crippen molar-refractivity contribution < 1.29 is 9.90 Å². The highest BCUT2D eigenvalue weighted by atomic mass is 16.3. The molecule has 0 radical (unpaired) electrons. The van der Waals surface area contributed by atoms with Gasteiger partial charge in [-0.05, 0) is 11.6 Å². The third kappa shape index (κ3) is 1.75. The molecule has 0 heterocycles. The molecule has 80 valence electrons. The molecular weight excluding hydrogens is 202 g/mol. The van der Waals surface area contributed by atoms with Crippen LogP contribution in [0.1, 0.15) is 10.4 Å². The lowest BCUT2D eigenvalue weighted by Gasteiger charge is -2.07. The summed E-state index contributed by atoms with van der Waals surface area (Å²) in [6.45, 7) is 0. The van der Waals surface area contributed by atoms with Gasteiger partial charge in [-0.25, -0.2) is 0 Å². The lowest BCUT2D eigenvalue weighted by Crippen LogP contribution is -2.11. The van der Waals surface area contributed by atoms with Gasteiger partial charge in [-0.15, -0.1) is 0 Å². The van der Waals surface area contributed by atoms with Gasteiger partial charge in [-0.3, -0.25) is 4.79 Å². The molecule has 3 N–H and O–H groups in total. The number of amides is 1. The molecular formula is C13H11NO2. The number of primary amides is 1. The van der Waals surface area contributed by atoms with Gasteiger partial charge in [0.05, 0.1) is 5.56 Å². The van der Waals surface area contributed by atoms with Crippen molar-refractivity contribution in [3.05, 3.63) is 54.1 Å². The van der Waals surface area contributed by atoms with E-state index in [4.69, 9.17) is 5.73 Å². The van der Waals surface area contributed by atoms with Crippen LogP contribution < -0.4 is 5.73 Å². The molecule has 0 saturated carbocycles. The van der Waals surface area contributed by atoms with Crippen molar-refractivity contribution in [3.8, 4) is 16.9 Å². The molecule has 3 nitrogen and oxygen atoms in total. The SMILES string of the molecule is NC(=O)c1cccc(-c2ccccc2)c1O. The highest BCUT2D eigenvalue weighted by Gasteiger charge is 2.11. The van der Waals surface area contributed by atoms with Gasteiger partial charge < -0.3 is 10.8 Å². The van der Waals surface area contributed by atoms with Crippen LogP contribution in [0.15, 0.2) is 48.5 Å². The number of benzene rings is 2. The molecule has 2 rings (SSSR count). The van der Waals surface area contributed by atoms with Crippen LogP contribution in [0.2, 0.25) is 0 Å². The number of hydrogen-bond donors (Lipinski definition) is 2. The van der Waals surface area contributed by atoms with Crippen LogP contribution in [0.5, 0.6) is 5.75 Å². The van der Waals surface area contributed by atoms with Crippen LogP contribution in [-0.4, -0.2) is 11.0 Å². The number of carbonyl (C=O) groups is 1. The monoisotopic (exact) mass is 213 g/mol. The first-order valence-electron chi connectivity index (χ1n) is 4.87. The number of hydrogen-bond acceptors (Lipinski definition) is 2. The average molecular weight is 213 g/mol. The van der Waals surface area contributed by atoms with Gasteiger partial charge in [-0.2, -0.15) is 0 Å². The Kier molecular flexibility index (Phi) is 2.60. The van der Waals surface area contributed by atoms with E-state index in [1.165, 1.54) is 6.07 Å². The molecule has 2 aromatic carbocycles. The molecule has 0 fully saturated rings. The van der Waals surface area contributed by atoms with Crippen LogP contribution in [-0.2, 0) is 0 Å². The van der Waals surface area contributed by atoms with E-state index in [0.717, 1.165) is 5.56 Å². The van der Waals surface area contributed by atoms with E-state index in [1.807, 2.05) is 30.3 Å². The van der Waals surface area contributed by atoms with Gasteiger partial charge in [-0.1, -0.05) is 42.5 Å². The maximum Gasteiger partial charge on any atom is 0.252 e. The summed E-state index contributed by atoms with van der Waals surface area (Å²) >= 11 is 0. The van der Waals surface area contributed by atoms with Crippen molar-refractivity contribution in [1.82, 2.24) is 0 Å². The second-order valence-corrected chi connectivity index (χ2v) is 3.43. The van der Waals surface area contributed by atoms with Gasteiger partial charge in [0.15, 0.2) is 0 Å². The maximum atomic E-state index is 11.1. The molecule has 0 saturated heterocycles. The Bertz CT molecular complexity index is 521. The Morgan fingerprint density at radius 2 is 1.69 bits per heavy atom. The van der Waals surface area contributed by atoms with E-state index in [0.29, 0.717) is 5.56 Å². The van der Waals surface area contributed by atoms with Crippen molar-refractivity contribution >= 4 is 5.91 Å². The van der Waals surface area contributed by atoms with Crippen LogP contribution in [0.4, 0.5) is 0 Å². The minimum absolute atomic E-state index is 0.0683. The first kappa shape index (κ1) is 10.2. The quantitative estimate of drug-likeness (QED) is 0.802. The predicted octanol–water partition coefficient (Wildman–Crippen LogP) is 2.16. The van der Waals surface area contributed by atoms with Crippen LogP contribution in [0.25, 0.3) is 11.1 Å². The van der Waals surface area contributed by atoms with Crippen molar-refractivity contribution in [2.45, 2.75) is 0 Å². The van der Waals surface area contributed by atoms with Gasteiger partial charge in [0.1, 0.15) is 5.75 Å². The van der Waals surface area contributed by atoms with Crippen LogP contribution >= 0.6 is 0 Å². The van der Waals surface area contributed by atoms with E-state index in [-0.39, 0.29) is 11.3 Å². The number of carbonyl (C=O) groups excluding carboxylic acids is 1. The zero-order chi connectivity index (χ0) is 11.5. The zero-order valence-corrected chi connectivity index (χ0v) is 8.55. The zero-order valence-electron chi connectivity index (χ0n) is 8.55. The Labute approximate surface area is 93.1 Å². The molecule has 0 aliphatic rings. The first-order chi connectivity index (χ1) is 7.70. The number of rotatable bonds is 2. The van der Waals surface area contributed by atoms with E-state index in [2.05, 4.69) is 0 Å². The summed E-state index contributed by atoms with van der Waals surface area (Å²) in [4.78, 5) is 11.1. The molecule has 16 heavy (non-hydrogen) atoms.